The first-order valence-electron chi connectivity index (χ1n) is 2.82. The summed E-state index contributed by atoms with van der Waals surface area (Å²) in [4.78, 5) is 3.54. The number of aromatic nitrogens is 1. The van der Waals surface area contributed by atoms with Gasteiger partial charge < -0.3 is 0 Å². The molecule has 0 bridgehead atoms. The first-order chi connectivity index (χ1) is 5.52. The lowest BCUT2D eigenvalue weighted by Crippen LogP contribution is -1.96. The summed E-state index contributed by atoms with van der Waals surface area (Å²) in [6, 6.07) is 0.781. The van der Waals surface area contributed by atoms with E-state index in [4.69, 9.17) is 0 Å². The summed E-state index contributed by atoms with van der Waals surface area (Å²) in [6.45, 7) is 0. The van der Waals surface area contributed by atoms with Gasteiger partial charge in [-0.3, -0.25) is 0 Å². The van der Waals surface area contributed by atoms with Crippen LogP contribution in [0.25, 0.3) is 0 Å². The normalized spacial score (nSPS) is 10.8. The van der Waals surface area contributed by atoms with Crippen LogP contribution in [0.4, 0.5) is 13.2 Å². The van der Waals surface area contributed by atoms with Crippen molar-refractivity contribution in [1.82, 2.24) is 4.98 Å². The summed E-state index contributed by atoms with van der Waals surface area (Å²) in [5.74, 6) is -0.772. The van der Waals surface area contributed by atoms with Crippen LogP contribution in [0, 0.1) is 9.52 Å². The first kappa shape index (κ1) is 10.2. The molecule has 66 valence electrons. The minimum atomic E-state index is -2.69. The molecule has 0 saturated heterocycles. The molecule has 0 N–H and O–H groups in total. The van der Waals surface area contributed by atoms with E-state index in [1.807, 2.05) is 0 Å². The van der Waals surface area contributed by atoms with E-state index in [0.29, 0.717) is 0 Å². The van der Waals surface area contributed by atoms with Gasteiger partial charge in [0.25, 0.3) is 6.43 Å². The highest BCUT2D eigenvalue weighted by Crippen LogP contribution is 2.26. The minimum absolute atomic E-state index is 0.0451. The second-order valence-electron chi connectivity index (χ2n) is 1.94. The summed E-state index contributed by atoms with van der Waals surface area (Å²) in [5, 5.41) is 0. The quantitative estimate of drug-likeness (QED) is 0.557. The summed E-state index contributed by atoms with van der Waals surface area (Å²) >= 11 is 4.42. The maximum Gasteiger partial charge on any atom is 0.266 e. The molecule has 6 heteroatoms. The molecule has 0 aromatic carbocycles. The Labute approximate surface area is 88.6 Å². The fraction of sp³-hybridized carbons (Fsp3) is 0.167. The summed E-state index contributed by atoms with van der Waals surface area (Å²) < 4.78 is 37.0. The van der Waals surface area contributed by atoms with Gasteiger partial charge in [-0.2, -0.15) is 0 Å². The predicted molar refractivity (Wildman–Crippen MR) is 49.6 cm³/mol. The second kappa shape index (κ2) is 3.91. The molecule has 0 unspecified atom stereocenters. The monoisotopic (exact) mass is 351 g/mol. The minimum Gasteiger partial charge on any atom is -0.231 e. The number of hydrogen-bond donors (Lipinski definition) is 0. The maximum absolute atomic E-state index is 12.7. The number of halogens is 5. The van der Waals surface area contributed by atoms with E-state index < -0.39 is 12.2 Å². The van der Waals surface area contributed by atoms with Crippen LogP contribution < -0.4 is 0 Å². The molecular formula is C6H2BrF3IN. The number of nitrogens with zero attached hydrogens (tertiary/aromatic N) is 1. The van der Waals surface area contributed by atoms with Crippen molar-refractivity contribution in [3.8, 4) is 0 Å². The van der Waals surface area contributed by atoms with Crippen LogP contribution in [-0.2, 0) is 0 Å². The van der Waals surface area contributed by atoms with Crippen molar-refractivity contribution in [1.29, 1.82) is 0 Å². The highest BCUT2D eigenvalue weighted by Gasteiger charge is 2.15. The zero-order valence-corrected chi connectivity index (χ0v) is 9.24. The molecule has 0 aliphatic rings. The first-order valence-corrected chi connectivity index (χ1v) is 4.69. The molecule has 0 spiro atoms. The molecule has 0 atom stereocenters. The van der Waals surface area contributed by atoms with Gasteiger partial charge in [-0.1, -0.05) is 0 Å². The van der Waals surface area contributed by atoms with Gasteiger partial charge in [0.2, 0.25) is 0 Å². The molecule has 1 aromatic heterocycles. The lowest BCUT2D eigenvalue weighted by Gasteiger charge is -2.02. The Morgan fingerprint density at radius 1 is 1.50 bits per heavy atom. The van der Waals surface area contributed by atoms with Crippen molar-refractivity contribution >= 4 is 38.5 Å². The summed E-state index contributed by atoms with van der Waals surface area (Å²) in [5.41, 5.74) is -0.378. The standard InChI is InChI=1S/C6H2BrF3IN/c7-4-3(8)1-2(5(9)10)6(11)12-4/h1,5H. The van der Waals surface area contributed by atoms with Crippen LogP contribution in [0.3, 0.4) is 0 Å². The maximum atomic E-state index is 12.7. The topological polar surface area (TPSA) is 12.9 Å². The summed E-state index contributed by atoms with van der Waals surface area (Å²) in [7, 11) is 0. The Balaban J connectivity index is 3.23. The van der Waals surface area contributed by atoms with E-state index in [0.717, 1.165) is 6.07 Å². The Morgan fingerprint density at radius 2 is 2.08 bits per heavy atom. The SMILES string of the molecule is Fc1cc(C(F)F)c(I)nc1Br. The summed E-state index contributed by atoms with van der Waals surface area (Å²) in [6.07, 6.45) is -2.69. The molecule has 12 heavy (non-hydrogen) atoms. The molecule has 1 nitrogen and oxygen atoms in total. The Bertz CT molecular complexity index is 305. The van der Waals surface area contributed by atoms with Crippen LogP contribution in [0.1, 0.15) is 12.0 Å². The highest BCUT2D eigenvalue weighted by molar-refractivity contribution is 14.1. The number of rotatable bonds is 1. The van der Waals surface area contributed by atoms with Gasteiger partial charge in [0.05, 0.1) is 5.56 Å². The van der Waals surface area contributed by atoms with Crippen LogP contribution in [-0.4, -0.2) is 4.98 Å². The molecule has 0 saturated carbocycles. The van der Waals surface area contributed by atoms with Gasteiger partial charge in [0, 0.05) is 0 Å². The lowest BCUT2D eigenvalue weighted by atomic mass is 10.3. The van der Waals surface area contributed by atoms with E-state index in [1.165, 1.54) is 0 Å². The van der Waals surface area contributed by atoms with Gasteiger partial charge in [-0.25, -0.2) is 18.2 Å². The van der Waals surface area contributed by atoms with E-state index >= 15 is 0 Å². The van der Waals surface area contributed by atoms with Crippen molar-refractivity contribution < 1.29 is 13.2 Å². The molecule has 0 aliphatic carbocycles. The predicted octanol–water partition coefficient (Wildman–Crippen LogP) is 3.53. The molecular weight excluding hydrogens is 350 g/mol. The van der Waals surface area contributed by atoms with E-state index in [2.05, 4.69) is 20.9 Å². The zero-order chi connectivity index (χ0) is 9.30. The Morgan fingerprint density at radius 3 is 2.58 bits per heavy atom. The molecule has 0 aliphatic heterocycles. The molecule has 0 fully saturated rings. The second-order valence-corrected chi connectivity index (χ2v) is 3.71. The van der Waals surface area contributed by atoms with Gasteiger partial charge in [-0.05, 0) is 44.6 Å². The van der Waals surface area contributed by atoms with Crippen molar-refractivity contribution in [2.45, 2.75) is 6.43 Å². The largest absolute Gasteiger partial charge is 0.266 e. The van der Waals surface area contributed by atoms with Gasteiger partial charge in [-0.15, -0.1) is 0 Å². The van der Waals surface area contributed by atoms with Crippen LogP contribution in [0.15, 0.2) is 10.7 Å². The third-order valence-electron chi connectivity index (χ3n) is 1.15. The van der Waals surface area contributed by atoms with Gasteiger partial charge >= 0.3 is 0 Å². The third-order valence-corrected chi connectivity index (χ3v) is 2.57. The average molecular weight is 352 g/mol. The molecule has 1 aromatic rings. The Kier molecular flexibility index (Phi) is 3.33. The van der Waals surface area contributed by atoms with Crippen molar-refractivity contribution in [3.63, 3.8) is 0 Å². The molecule has 0 amide bonds. The zero-order valence-electron chi connectivity index (χ0n) is 5.49. The number of alkyl halides is 2. The van der Waals surface area contributed by atoms with Crippen LogP contribution in [0.5, 0.6) is 0 Å². The number of hydrogen-bond acceptors (Lipinski definition) is 1. The molecule has 0 radical (unpaired) electrons. The molecule has 1 rings (SSSR count). The van der Waals surface area contributed by atoms with E-state index in [1.54, 1.807) is 22.6 Å². The number of pyridine rings is 1. The Hall–Kier alpha value is 0.150. The van der Waals surface area contributed by atoms with E-state index in [9.17, 15) is 13.2 Å². The van der Waals surface area contributed by atoms with Crippen molar-refractivity contribution in [2.75, 3.05) is 0 Å². The van der Waals surface area contributed by atoms with Crippen LogP contribution >= 0.6 is 38.5 Å². The molecule has 1 heterocycles. The van der Waals surface area contributed by atoms with Crippen molar-refractivity contribution in [3.05, 3.63) is 25.8 Å². The van der Waals surface area contributed by atoms with Crippen molar-refractivity contribution in [2.24, 2.45) is 0 Å². The lowest BCUT2D eigenvalue weighted by molar-refractivity contribution is 0.149. The van der Waals surface area contributed by atoms with Gasteiger partial charge in [0.15, 0.2) is 5.82 Å². The third kappa shape index (κ3) is 2.09. The highest BCUT2D eigenvalue weighted by atomic mass is 127. The average Bonchev–Trinajstić information content (AvgIpc) is 1.96. The fourth-order valence-electron chi connectivity index (χ4n) is 0.613. The van der Waals surface area contributed by atoms with Gasteiger partial charge in [0.1, 0.15) is 8.30 Å². The van der Waals surface area contributed by atoms with Crippen LogP contribution in [0.2, 0.25) is 0 Å². The smallest absolute Gasteiger partial charge is 0.231 e. The van der Waals surface area contributed by atoms with E-state index in [-0.39, 0.29) is 13.9 Å². The fourth-order valence-corrected chi connectivity index (χ4v) is 1.87.